The average molecular weight is 446 g/mol. The number of halogens is 1. The Morgan fingerprint density at radius 2 is 1.67 bits per heavy atom. The van der Waals surface area contributed by atoms with Crippen LogP contribution in [0.5, 0.6) is 11.5 Å². The van der Waals surface area contributed by atoms with Crippen LogP contribution in [0.2, 0.25) is 0 Å². The van der Waals surface area contributed by atoms with Gasteiger partial charge in [-0.1, -0.05) is 29.8 Å². The summed E-state index contributed by atoms with van der Waals surface area (Å²) >= 11 is 0. The van der Waals surface area contributed by atoms with Crippen molar-refractivity contribution in [2.75, 3.05) is 24.4 Å². The van der Waals surface area contributed by atoms with Gasteiger partial charge in [-0.25, -0.2) is 9.29 Å². The Kier molecular flexibility index (Phi) is 5.87. The van der Waals surface area contributed by atoms with Gasteiger partial charge >= 0.3 is 0 Å². The standard InChI is InChI=1S/C26H23FN2O4/c1-15-8-10-20(16(2)12-15)23-24(28-21-11-9-19(32-3)14-22(21)33-4)26(31)29(25(23)30)18-7-5-6-17(27)13-18/h5-14,28H,1-4H3. The lowest BCUT2D eigenvalue weighted by atomic mass is 9.97. The van der Waals surface area contributed by atoms with Crippen LogP contribution in [0.4, 0.5) is 15.8 Å². The maximum atomic E-state index is 13.9. The quantitative estimate of drug-likeness (QED) is 0.548. The molecule has 0 aromatic heterocycles. The molecule has 3 aromatic carbocycles. The van der Waals surface area contributed by atoms with Crippen molar-refractivity contribution in [3.8, 4) is 11.5 Å². The van der Waals surface area contributed by atoms with Gasteiger partial charge in [-0.15, -0.1) is 0 Å². The molecule has 3 aromatic rings. The summed E-state index contributed by atoms with van der Waals surface area (Å²) in [6, 6.07) is 16.1. The van der Waals surface area contributed by atoms with Crippen molar-refractivity contribution < 1.29 is 23.5 Å². The normalized spacial score (nSPS) is 13.5. The summed E-state index contributed by atoms with van der Waals surface area (Å²) in [5.41, 5.74) is 3.42. The van der Waals surface area contributed by atoms with Crippen LogP contribution >= 0.6 is 0 Å². The molecule has 0 saturated carbocycles. The summed E-state index contributed by atoms with van der Waals surface area (Å²) in [6.07, 6.45) is 0. The van der Waals surface area contributed by atoms with E-state index in [1.54, 1.807) is 25.3 Å². The first-order valence-corrected chi connectivity index (χ1v) is 10.3. The highest BCUT2D eigenvalue weighted by Crippen LogP contribution is 2.37. The number of hydrogen-bond donors (Lipinski definition) is 1. The van der Waals surface area contributed by atoms with Gasteiger partial charge in [0.05, 0.1) is 31.2 Å². The van der Waals surface area contributed by atoms with E-state index in [1.807, 2.05) is 32.0 Å². The lowest BCUT2D eigenvalue weighted by Crippen LogP contribution is -2.32. The molecule has 0 fully saturated rings. The summed E-state index contributed by atoms with van der Waals surface area (Å²) in [4.78, 5) is 28.1. The smallest absolute Gasteiger partial charge is 0.282 e. The summed E-state index contributed by atoms with van der Waals surface area (Å²) < 4.78 is 24.6. The summed E-state index contributed by atoms with van der Waals surface area (Å²) in [5.74, 6) is -0.646. The van der Waals surface area contributed by atoms with Gasteiger partial charge in [0.1, 0.15) is 23.0 Å². The van der Waals surface area contributed by atoms with E-state index in [1.165, 1.54) is 25.3 Å². The fourth-order valence-corrected chi connectivity index (χ4v) is 3.88. The van der Waals surface area contributed by atoms with Crippen molar-refractivity contribution in [1.82, 2.24) is 0 Å². The number of amides is 2. The maximum absolute atomic E-state index is 13.9. The summed E-state index contributed by atoms with van der Waals surface area (Å²) in [5, 5.41) is 3.09. The molecule has 1 aliphatic heterocycles. The van der Waals surface area contributed by atoms with E-state index in [-0.39, 0.29) is 17.0 Å². The number of ether oxygens (including phenoxy) is 2. The summed E-state index contributed by atoms with van der Waals surface area (Å²) in [7, 11) is 3.04. The third kappa shape index (κ3) is 4.05. The van der Waals surface area contributed by atoms with Crippen LogP contribution in [0.3, 0.4) is 0 Å². The first-order chi connectivity index (χ1) is 15.8. The van der Waals surface area contributed by atoms with Gasteiger partial charge in [-0.3, -0.25) is 9.59 Å². The first kappa shape index (κ1) is 22.1. The van der Waals surface area contributed by atoms with E-state index >= 15 is 0 Å². The number of nitrogens with zero attached hydrogens (tertiary/aromatic N) is 1. The molecule has 1 aliphatic rings. The van der Waals surface area contributed by atoms with E-state index in [0.717, 1.165) is 22.1 Å². The van der Waals surface area contributed by atoms with Crippen molar-refractivity contribution in [3.63, 3.8) is 0 Å². The van der Waals surface area contributed by atoms with Gasteiger partial charge in [0.25, 0.3) is 11.8 Å². The molecule has 0 spiro atoms. The molecule has 0 unspecified atom stereocenters. The number of hydrogen-bond acceptors (Lipinski definition) is 5. The first-order valence-electron chi connectivity index (χ1n) is 10.3. The molecule has 0 aliphatic carbocycles. The molecule has 168 valence electrons. The number of carbonyl (C=O) groups excluding carboxylic acids is 2. The van der Waals surface area contributed by atoms with Gasteiger partial charge in [-0.2, -0.15) is 0 Å². The number of benzene rings is 3. The second-order valence-electron chi connectivity index (χ2n) is 7.69. The molecule has 0 bridgehead atoms. The third-order valence-electron chi connectivity index (χ3n) is 5.47. The Hall–Kier alpha value is -4.13. The zero-order valence-corrected chi connectivity index (χ0v) is 18.7. The Labute approximate surface area is 191 Å². The van der Waals surface area contributed by atoms with Crippen LogP contribution in [0.25, 0.3) is 5.57 Å². The number of rotatable bonds is 6. The van der Waals surface area contributed by atoms with Crippen LogP contribution in [0.15, 0.2) is 66.4 Å². The Morgan fingerprint density at radius 3 is 2.33 bits per heavy atom. The van der Waals surface area contributed by atoms with Gasteiger partial charge in [0.15, 0.2) is 0 Å². The van der Waals surface area contributed by atoms with E-state index in [9.17, 15) is 14.0 Å². The van der Waals surface area contributed by atoms with Gasteiger partial charge < -0.3 is 14.8 Å². The van der Waals surface area contributed by atoms with Crippen molar-refractivity contribution in [2.24, 2.45) is 0 Å². The average Bonchev–Trinajstić information content (AvgIpc) is 3.03. The van der Waals surface area contributed by atoms with Crippen molar-refractivity contribution in [2.45, 2.75) is 13.8 Å². The van der Waals surface area contributed by atoms with Crippen LogP contribution < -0.4 is 19.7 Å². The molecule has 6 nitrogen and oxygen atoms in total. The highest BCUT2D eigenvalue weighted by Gasteiger charge is 2.41. The number of imide groups is 1. The Morgan fingerprint density at radius 1 is 0.879 bits per heavy atom. The van der Waals surface area contributed by atoms with E-state index in [0.29, 0.717) is 22.7 Å². The molecule has 0 radical (unpaired) electrons. The minimum Gasteiger partial charge on any atom is -0.497 e. The Bertz CT molecular complexity index is 1300. The van der Waals surface area contributed by atoms with E-state index < -0.39 is 17.6 Å². The lowest BCUT2D eigenvalue weighted by Gasteiger charge is -2.16. The zero-order valence-electron chi connectivity index (χ0n) is 18.7. The molecular weight excluding hydrogens is 423 g/mol. The van der Waals surface area contributed by atoms with Crippen molar-refractivity contribution in [3.05, 3.63) is 88.9 Å². The second-order valence-corrected chi connectivity index (χ2v) is 7.69. The number of methoxy groups -OCH3 is 2. The van der Waals surface area contributed by atoms with Gasteiger partial charge in [0.2, 0.25) is 0 Å². The number of aryl methyl sites for hydroxylation is 2. The maximum Gasteiger partial charge on any atom is 0.282 e. The van der Waals surface area contributed by atoms with Crippen LogP contribution in [0, 0.1) is 19.7 Å². The fourth-order valence-electron chi connectivity index (χ4n) is 3.88. The zero-order chi connectivity index (χ0) is 23.7. The number of nitrogens with one attached hydrogen (secondary N) is 1. The minimum absolute atomic E-state index is 0.0830. The molecular formula is C26H23FN2O4. The van der Waals surface area contributed by atoms with E-state index in [4.69, 9.17) is 9.47 Å². The molecule has 2 amide bonds. The summed E-state index contributed by atoms with van der Waals surface area (Å²) in [6.45, 7) is 3.83. The predicted octanol–water partition coefficient (Wildman–Crippen LogP) is 4.86. The molecule has 0 atom stereocenters. The second kappa shape index (κ2) is 8.78. The largest absolute Gasteiger partial charge is 0.497 e. The number of anilines is 2. The van der Waals surface area contributed by atoms with Crippen molar-refractivity contribution >= 4 is 28.8 Å². The highest BCUT2D eigenvalue weighted by molar-refractivity contribution is 6.46. The predicted molar refractivity (Wildman–Crippen MR) is 125 cm³/mol. The molecule has 7 heteroatoms. The van der Waals surface area contributed by atoms with Crippen LogP contribution in [-0.2, 0) is 9.59 Å². The lowest BCUT2D eigenvalue weighted by molar-refractivity contribution is -0.120. The third-order valence-corrected chi connectivity index (χ3v) is 5.47. The van der Waals surface area contributed by atoms with Crippen LogP contribution in [-0.4, -0.2) is 26.0 Å². The molecule has 4 rings (SSSR count). The topological polar surface area (TPSA) is 67.9 Å². The molecule has 0 saturated heterocycles. The van der Waals surface area contributed by atoms with E-state index in [2.05, 4.69) is 5.32 Å². The van der Waals surface area contributed by atoms with Gasteiger partial charge in [-0.05, 0) is 55.3 Å². The Balaban J connectivity index is 1.87. The highest BCUT2D eigenvalue weighted by atomic mass is 19.1. The molecule has 1 N–H and O–H groups in total. The van der Waals surface area contributed by atoms with Crippen molar-refractivity contribution in [1.29, 1.82) is 0 Å². The molecule has 33 heavy (non-hydrogen) atoms. The minimum atomic E-state index is -0.585. The monoisotopic (exact) mass is 446 g/mol. The molecule has 1 heterocycles. The fraction of sp³-hybridized carbons (Fsp3) is 0.154. The SMILES string of the molecule is COc1ccc(NC2=C(c3ccc(C)cc3C)C(=O)N(c3cccc(F)c3)C2=O)c(OC)c1. The van der Waals surface area contributed by atoms with Crippen LogP contribution in [0.1, 0.15) is 16.7 Å². The number of carbonyl (C=O) groups is 2. The van der Waals surface area contributed by atoms with Gasteiger partial charge in [0, 0.05) is 6.07 Å².